The zero-order chi connectivity index (χ0) is 11.5. The monoisotopic (exact) mass is 208 g/mol. The molecule has 0 spiro atoms. The Hall–Kier alpha value is -1.31. The van der Waals surface area contributed by atoms with Crippen molar-refractivity contribution in [3.8, 4) is 0 Å². The molecule has 2 heteroatoms. The first-order valence-electron chi connectivity index (χ1n) is 5.30. The molecule has 0 aromatic carbocycles. The maximum Gasteiger partial charge on any atom is 0.306 e. The molecule has 1 unspecified atom stereocenters. The molecule has 0 bridgehead atoms. The van der Waals surface area contributed by atoms with Crippen LogP contribution in [0, 0.1) is 5.92 Å². The van der Waals surface area contributed by atoms with Crippen molar-refractivity contribution in [3.05, 3.63) is 37.5 Å². The summed E-state index contributed by atoms with van der Waals surface area (Å²) < 4.78 is 5.02. The van der Waals surface area contributed by atoms with Gasteiger partial charge in [0.05, 0.1) is 13.0 Å². The van der Waals surface area contributed by atoms with Crippen molar-refractivity contribution >= 4 is 5.97 Å². The Morgan fingerprint density at radius 3 is 2.73 bits per heavy atom. The summed E-state index contributed by atoms with van der Waals surface area (Å²) >= 11 is 0. The van der Waals surface area contributed by atoms with E-state index in [2.05, 4.69) is 13.2 Å². The summed E-state index contributed by atoms with van der Waals surface area (Å²) in [5, 5.41) is 0. The van der Waals surface area contributed by atoms with Crippen LogP contribution in [0.3, 0.4) is 0 Å². The highest BCUT2D eigenvalue weighted by atomic mass is 16.5. The molecular weight excluding hydrogens is 188 g/mol. The van der Waals surface area contributed by atoms with Gasteiger partial charge in [0, 0.05) is 0 Å². The number of carbonyl (C=O) groups is 1. The molecule has 0 amide bonds. The molecule has 0 saturated carbocycles. The highest BCUT2D eigenvalue weighted by Crippen LogP contribution is 2.12. The number of carbonyl (C=O) groups excluding carboxylic acids is 1. The van der Waals surface area contributed by atoms with E-state index in [1.807, 2.05) is 25.2 Å². The normalized spacial score (nSPS) is 12.3. The summed E-state index contributed by atoms with van der Waals surface area (Å²) in [6.45, 7) is 9.74. The van der Waals surface area contributed by atoms with E-state index in [1.54, 1.807) is 6.08 Å². The number of hydrogen-bond donors (Lipinski definition) is 0. The first-order chi connectivity index (χ1) is 7.24. The van der Waals surface area contributed by atoms with Gasteiger partial charge in [-0.2, -0.15) is 0 Å². The lowest BCUT2D eigenvalue weighted by molar-refractivity contribution is -0.144. The molecule has 2 nitrogen and oxygen atoms in total. The van der Waals surface area contributed by atoms with Crippen LogP contribution in [0.5, 0.6) is 0 Å². The fourth-order valence-electron chi connectivity index (χ4n) is 1.17. The van der Waals surface area contributed by atoms with Gasteiger partial charge in [-0.05, 0) is 18.8 Å². The molecule has 0 N–H and O–H groups in total. The fraction of sp³-hybridized carbons (Fsp3) is 0.462. The Kier molecular flexibility index (Phi) is 8.44. The molecule has 0 fully saturated rings. The Morgan fingerprint density at radius 1 is 1.47 bits per heavy atom. The highest BCUT2D eigenvalue weighted by Gasteiger charge is 2.10. The minimum atomic E-state index is -0.141. The third-order valence-corrected chi connectivity index (χ3v) is 1.88. The van der Waals surface area contributed by atoms with E-state index < -0.39 is 0 Å². The molecule has 0 aromatic heterocycles. The van der Waals surface area contributed by atoms with Crippen LogP contribution >= 0.6 is 0 Å². The smallest absolute Gasteiger partial charge is 0.306 e. The van der Waals surface area contributed by atoms with Crippen molar-refractivity contribution in [2.75, 3.05) is 6.61 Å². The van der Waals surface area contributed by atoms with Gasteiger partial charge in [-0.25, -0.2) is 0 Å². The standard InChI is InChI=1S/C13H20O2/c1-4-7-9-12(8-5-2)11-13(14)15-10-6-3/h4-5,7,9,12H,1-2,6,8,10-11H2,3H3. The van der Waals surface area contributed by atoms with Crippen molar-refractivity contribution in [1.82, 2.24) is 0 Å². The minimum absolute atomic E-state index is 0.141. The number of hydrogen-bond acceptors (Lipinski definition) is 2. The number of allylic oxidation sites excluding steroid dienone is 4. The molecule has 0 aliphatic carbocycles. The van der Waals surface area contributed by atoms with Gasteiger partial charge in [0.2, 0.25) is 0 Å². The molecule has 0 heterocycles. The van der Waals surface area contributed by atoms with E-state index in [4.69, 9.17) is 4.74 Å². The second kappa shape index (κ2) is 9.25. The maximum absolute atomic E-state index is 11.3. The highest BCUT2D eigenvalue weighted by molar-refractivity contribution is 5.69. The van der Waals surface area contributed by atoms with Gasteiger partial charge < -0.3 is 4.74 Å². The summed E-state index contributed by atoms with van der Waals surface area (Å²) in [4.78, 5) is 11.3. The Morgan fingerprint density at radius 2 is 2.20 bits per heavy atom. The quantitative estimate of drug-likeness (QED) is 0.347. The molecular formula is C13H20O2. The van der Waals surface area contributed by atoms with Gasteiger partial charge in [0.25, 0.3) is 0 Å². The predicted octanol–water partition coefficient (Wildman–Crippen LogP) is 3.26. The number of rotatable bonds is 8. The van der Waals surface area contributed by atoms with Crippen LogP contribution in [0.2, 0.25) is 0 Å². The maximum atomic E-state index is 11.3. The molecule has 0 saturated heterocycles. The largest absolute Gasteiger partial charge is 0.466 e. The number of esters is 1. The van der Waals surface area contributed by atoms with Crippen molar-refractivity contribution < 1.29 is 9.53 Å². The minimum Gasteiger partial charge on any atom is -0.466 e. The first-order valence-corrected chi connectivity index (χ1v) is 5.30. The molecule has 84 valence electrons. The summed E-state index contributed by atoms with van der Waals surface area (Å²) in [5.74, 6) is 0.0299. The van der Waals surface area contributed by atoms with E-state index in [9.17, 15) is 4.79 Å². The zero-order valence-corrected chi connectivity index (χ0v) is 9.45. The van der Waals surface area contributed by atoms with E-state index in [0.717, 1.165) is 12.8 Å². The molecule has 0 rings (SSSR count). The molecule has 15 heavy (non-hydrogen) atoms. The molecule has 0 aromatic rings. The second-order valence-electron chi connectivity index (χ2n) is 3.33. The predicted molar refractivity (Wildman–Crippen MR) is 63.5 cm³/mol. The van der Waals surface area contributed by atoms with Crippen LogP contribution in [0.4, 0.5) is 0 Å². The molecule has 0 aliphatic heterocycles. The molecule has 0 aliphatic rings. The van der Waals surface area contributed by atoms with Crippen LogP contribution in [0.15, 0.2) is 37.5 Å². The second-order valence-corrected chi connectivity index (χ2v) is 3.33. The van der Waals surface area contributed by atoms with Gasteiger partial charge >= 0.3 is 5.97 Å². The van der Waals surface area contributed by atoms with Crippen molar-refractivity contribution in [3.63, 3.8) is 0 Å². The first kappa shape index (κ1) is 13.7. The number of ether oxygens (including phenoxy) is 1. The SMILES string of the molecule is C=CC=CC(CC=C)CC(=O)OCCC. The van der Waals surface area contributed by atoms with Crippen LogP contribution in [0.1, 0.15) is 26.2 Å². The summed E-state index contributed by atoms with van der Waals surface area (Å²) in [6.07, 6.45) is 9.38. The summed E-state index contributed by atoms with van der Waals surface area (Å²) in [5.41, 5.74) is 0. The van der Waals surface area contributed by atoms with Gasteiger partial charge in [-0.15, -0.1) is 6.58 Å². The van der Waals surface area contributed by atoms with Crippen molar-refractivity contribution in [2.45, 2.75) is 26.2 Å². The lowest BCUT2D eigenvalue weighted by Gasteiger charge is -2.09. The summed E-state index contributed by atoms with van der Waals surface area (Å²) in [6, 6.07) is 0. The van der Waals surface area contributed by atoms with Crippen molar-refractivity contribution in [1.29, 1.82) is 0 Å². The topological polar surface area (TPSA) is 26.3 Å². The zero-order valence-electron chi connectivity index (χ0n) is 9.45. The lowest BCUT2D eigenvalue weighted by atomic mass is 10.0. The van der Waals surface area contributed by atoms with Gasteiger partial charge in [0.15, 0.2) is 0 Å². The van der Waals surface area contributed by atoms with Crippen molar-refractivity contribution in [2.24, 2.45) is 5.92 Å². The van der Waals surface area contributed by atoms with Crippen LogP contribution < -0.4 is 0 Å². The van der Waals surface area contributed by atoms with E-state index in [1.165, 1.54) is 0 Å². The third kappa shape index (κ3) is 7.74. The Labute approximate surface area is 92.3 Å². The summed E-state index contributed by atoms with van der Waals surface area (Å²) in [7, 11) is 0. The molecule has 1 atom stereocenters. The van der Waals surface area contributed by atoms with Crippen LogP contribution in [0.25, 0.3) is 0 Å². The lowest BCUT2D eigenvalue weighted by Crippen LogP contribution is -2.10. The Balaban J connectivity index is 4.02. The fourth-order valence-corrected chi connectivity index (χ4v) is 1.17. The van der Waals surface area contributed by atoms with Gasteiger partial charge in [-0.1, -0.05) is 37.8 Å². The van der Waals surface area contributed by atoms with Crippen LogP contribution in [-0.4, -0.2) is 12.6 Å². The van der Waals surface area contributed by atoms with E-state index in [-0.39, 0.29) is 11.9 Å². The van der Waals surface area contributed by atoms with E-state index in [0.29, 0.717) is 13.0 Å². The average molecular weight is 208 g/mol. The average Bonchev–Trinajstić information content (AvgIpc) is 2.23. The van der Waals surface area contributed by atoms with Gasteiger partial charge in [0.1, 0.15) is 0 Å². The molecule has 0 radical (unpaired) electrons. The van der Waals surface area contributed by atoms with Gasteiger partial charge in [-0.3, -0.25) is 4.79 Å². The Bertz CT molecular complexity index is 229. The van der Waals surface area contributed by atoms with Crippen LogP contribution in [-0.2, 0) is 9.53 Å². The van der Waals surface area contributed by atoms with E-state index >= 15 is 0 Å². The third-order valence-electron chi connectivity index (χ3n) is 1.88.